The Morgan fingerprint density at radius 2 is 2.14 bits per heavy atom. The molecule has 0 saturated carbocycles. The molecule has 0 amide bonds. The molecule has 1 rings (SSSR count). The van der Waals surface area contributed by atoms with Crippen LogP contribution < -0.4 is 0 Å². The molecule has 0 saturated heterocycles. The quantitative estimate of drug-likeness (QED) is 0.763. The SMILES string of the molecule is Cn1cc(CC(CBr)C(C)(C)C)cn1. The largest absolute Gasteiger partial charge is 0.276 e. The molecule has 1 unspecified atom stereocenters. The second kappa shape index (κ2) is 4.47. The van der Waals surface area contributed by atoms with Crippen LogP contribution in [0.25, 0.3) is 0 Å². The Balaban J connectivity index is 2.66. The summed E-state index contributed by atoms with van der Waals surface area (Å²) in [6.07, 6.45) is 5.16. The summed E-state index contributed by atoms with van der Waals surface area (Å²) in [5, 5.41) is 5.23. The number of hydrogen-bond acceptors (Lipinski definition) is 1. The molecular formula is C11H19BrN2. The van der Waals surface area contributed by atoms with Gasteiger partial charge in [-0.25, -0.2) is 0 Å². The van der Waals surface area contributed by atoms with E-state index in [1.807, 2.05) is 17.9 Å². The van der Waals surface area contributed by atoms with Crippen molar-refractivity contribution in [2.45, 2.75) is 27.2 Å². The highest BCUT2D eigenvalue weighted by atomic mass is 79.9. The van der Waals surface area contributed by atoms with E-state index >= 15 is 0 Å². The lowest BCUT2D eigenvalue weighted by molar-refractivity contribution is 0.267. The zero-order chi connectivity index (χ0) is 10.8. The van der Waals surface area contributed by atoms with Gasteiger partial charge in [-0.3, -0.25) is 4.68 Å². The highest BCUT2D eigenvalue weighted by Gasteiger charge is 2.23. The van der Waals surface area contributed by atoms with E-state index in [9.17, 15) is 0 Å². The minimum Gasteiger partial charge on any atom is -0.276 e. The smallest absolute Gasteiger partial charge is 0.0521 e. The average molecular weight is 259 g/mol. The van der Waals surface area contributed by atoms with Crippen molar-refractivity contribution >= 4 is 15.9 Å². The summed E-state index contributed by atoms with van der Waals surface area (Å²) in [5.74, 6) is 0.659. The van der Waals surface area contributed by atoms with Crippen molar-refractivity contribution in [1.82, 2.24) is 9.78 Å². The normalized spacial score (nSPS) is 14.4. The zero-order valence-electron chi connectivity index (χ0n) is 9.42. The Morgan fingerprint density at radius 1 is 1.50 bits per heavy atom. The lowest BCUT2D eigenvalue weighted by Gasteiger charge is -2.28. The third-order valence-electron chi connectivity index (χ3n) is 2.65. The molecule has 0 aliphatic heterocycles. The van der Waals surface area contributed by atoms with Crippen molar-refractivity contribution < 1.29 is 0 Å². The van der Waals surface area contributed by atoms with Gasteiger partial charge in [0.05, 0.1) is 6.20 Å². The van der Waals surface area contributed by atoms with E-state index in [0.717, 1.165) is 11.8 Å². The van der Waals surface area contributed by atoms with Crippen LogP contribution in [0, 0.1) is 11.3 Å². The predicted molar refractivity (Wildman–Crippen MR) is 63.7 cm³/mol. The second-order valence-corrected chi connectivity index (χ2v) is 5.59. The topological polar surface area (TPSA) is 17.8 Å². The number of aryl methyl sites for hydroxylation is 1. The maximum atomic E-state index is 4.19. The molecule has 0 aromatic carbocycles. The average Bonchev–Trinajstić information content (AvgIpc) is 2.45. The molecule has 0 radical (unpaired) electrons. The van der Waals surface area contributed by atoms with Gasteiger partial charge in [0.1, 0.15) is 0 Å². The van der Waals surface area contributed by atoms with Crippen LogP contribution >= 0.6 is 15.9 Å². The monoisotopic (exact) mass is 258 g/mol. The first-order valence-electron chi connectivity index (χ1n) is 4.97. The highest BCUT2D eigenvalue weighted by molar-refractivity contribution is 9.09. The second-order valence-electron chi connectivity index (χ2n) is 4.94. The lowest BCUT2D eigenvalue weighted by Crippen LogP contribution is -2.23. The molecule has 1 aromatic heterocycles. The van der Waals surface area contributed by atoms with Gasteiger partial charge in [-0.05, 0) is 23.3 Å². The van der Waals surface area contributed by atoms with Gasteiger partial charge < -0.3 is 0 Å². The summed E-state index contributed by atoms with van der Waals surface area (Å²) >= 11 is 3.59. The molecule has 0 aliphatic carbocycles. The minimum absolute atomic E-state index is 0.347. The van der Waals surface area contributed by atoms with Crippen molar-refractivity contribution in [1.29, 1.82) is 0 Å². The van der Waals surface area contributed by atoms with Crippen LogP contribution in [-0.4, -0.2) is 15.1 Å². The van der Waals surface area contributed by atoms with Crippen molar-refractivity contribution in [3.05, 3.63) is 18.0 Å². The van der Waals surface area contributed by atoms with Crippen molar-refractivity contribution in [2.24, 2.45) is 18.4 Å². The Kier molecular flexibility index (Phi) is 3.76. The number of rotatable bonds is 3. The van der Waals surface area contributed by atoms with Crippen LogP contribution in [0.5, 0.6) is 0 Å². The first-order valence-corrected chi connectivity index (χ1v) is 6.09. The van der Waals surface area contributed by atoms with Crippen LogP contribution in [0.4, 0.5) is 0 Å². The third-order valence-corrected chi connectivity index (χ3v) is 3.43. The van der Waals surface area contributed by atoms with Gasteiger partial charge in [0.2, 0.25) is 0 Å². The Bertz CT molecular complexity index is 286. The minimum atomic E-state index is 0.347. The van der Waals surface area contributed by atoms with Gasteiger partial charge in [-0.1, -0.05) is 36.7 Å². The highest BCUT2D eigenvalue weighted by Crippen LogP contribution is 2.30. The molecule has 1 atom stereocenters. The number of aromatic nitrogens is 2. The fraction of sp³-hybridized carbons (Fsp3) is 0.727. The number of hydrogen-bond donors (Lipinski definition) is 0. The number of halogens is 1. The fourth-order valence-electron chi connectivity index (χ4n) is 1.45. The summed E-state index contributed by atoms with van der Waals surface area (Å²) in [7, 11) is 1.96. The summed E-state index contributed by atoms with van der Waals surface area (Å²) < 4.78 is 1.86. The van der Waals surface area contributed by atoms with Crippen molar-refractivity contribution in [2.75, 3.05) is 5.33 Å². The molecule has 3 heteroatoms. The third kappa shape index (κ3) is 3.12. The predicted octanol–water partition coefficient (Wildman–Crippen LogP) is 3.02. The zero-order valence-corrected chi connectivity index (χ0v) is 11.0. The Labute approximate surface area is 94.8 Å². The van der Waals surface area contributed by atoms with E-state index in [1.165, 1.54) is 5.56 Å². The summed E-state index contributed by atoms with van der Waals surface area (Å²) in [5.41, 5.74) is 1.67. The van der Waals surface area contributed by atoms with Crippen molar-refractivity contribution in [3.8, 4) is 0 Å². The molecule has 0 spiro atoms. The number of alkyl halides is 1. The molecule has 2 nitrogen and oxygen atoms in total. The van der Waals surface area contributed by atoms with Crippen LogP contribution in [-0.2, 0) is 13.5 Å². The van der Waals surface area contributed by atoms with Gasteiger partial charge >= 0.3 is 0 Å². The van der Waals surface area contributed by atoms with E-state index in [4.69, 9.17) is 0 Å². The first-order chi connectivity index (χ1) is 6.43. The molecular weight excluding hydrogens is 240 g/mol. The van der Waals surface area contributed by atoms with E-state index in [1.54, 1.807) is 0 Å². The molecule has 0 fully saturated rings. The van der Waals surface area contributed by atoms with Gasteiger partial charge in [-0.15, -0.1) is 0 Å². The van der Waals surface area contributed by atoms with E-state index < -0.39 is 0 Å². The fourth-order valence-corrected chi connectivity index (χ4v) is 2.65. The first kappa shape index (κ1) is 11.8. The number of nitrogens with zero attached hydrogens (tertiary/aromatic N) is 2. The maximum Gasteiger partial charge on any atom is 0.0521 e. The lowest BCUT2D eigenvalue weighted by atomic mass is 9.79. The van der Waals surface area contributed by atoms with E-state index in [2.05, 4.69) is 48.0 Å². The van der Waals surface area contributed by atoms with Crippen molar-refractivity contribution in [3.63, 3.8) is 0 Å². The van der Waals surface area contributed by atoms with Gasteiger partial charge in [-0.2, -0.15) is 5.10 Å². The molecule has 80 valence electrons. The molecule has 0 bridgehead atoms. The van der Waals surface area contributed by atoms with Crippen LogP contribution in [0.2, 0.25) is 0 Å². The van der Waals surface area contributed by atoms with E-state index in [-0.39, 0.29) is 0 Å². The summed E-state index contributed by atoms with van der Waals surface area (Å²) in [6.45, 7) is 6.86. The van der Waals surface area contributed by atoms with Crippen LogP contribution in [0.3, 0.4) is 0 Å². The van der Waals surface area contributed by atoms with Gasteiger partial charge in [0, 0.05) is 18.6 Å². The van der Waals surface area contributed by atoms with Gasteiger partial charge in [0.25, 0.3) is 0 Å². The molecule has 0 N–H and O–H groups in total. The molecule has 1 aromatic rings. The van der Waals surface area contributed by atoms with Crippen LogP contribution in [0.1, 0.15) is 26.3 Å². The van der Waals surface area contributed by atoms with Gasteiger partial charge in [0.15, 0.2) is 0 Å². The van der Waals surface area contributed by atoms with E-state index in [0.29, 0.717) is 11.3 Å². The molecule has 0 aliphatic rings. The standard InChI is InChI=1S/C11H19BrN2/c1-11(2,3)10(6-12)5-9-7-13-14(4)8-9/h7-8,10H,5-6H2,1-4H3. The van der Waals surface area contributed by atoms with Crippen LogP contribution in [0.15, 0.2) is 12.4 Å². The summed E-state index contributed by atoms with van der Waals surface area (Å²) in [6, 6.07) is 0. The maximum absolute atomic E-state index is 4.19. The summed E-state index contributed by atoms with van der Waals surface area (Å²) in [4.78, 5) is 0. The Hall–Kier alpha value is -0.310. The Morgan fingerprint density at radius 3 is 2.50 bits per heavy atom. The molecule has 14 heavy (non-hydrogen) atoms. The molecule has 1 heterocycles.